The summed E-state index contributed by atoms with van der Waals surface area (Å²) in [5.74, 6) is 0. The van der Waals surface area contributed by atoms with Crippen molar-refractivity contribution in [3.05, 3.63) is 24.3 Å². The van der Waals surface area contributed by atoms with E-state index < -0.39 is 6.29 Å². The number of carbonyl (C=O) groups excluding carboxylic acids is 1. The van der Waals surface area contributed by atoms with Gasteiger partial charge in [-0.3, -0.25) is 14.8 Å². The fraction of sp³-hybridized carbons (Fsp3) is 0.375. The summed E-state index contributed by atoms with van der Waals surface area (Å²) < 4.78 is 9.50. The molecule has 0 saturated heterocycles. The molecule has 70 valence electrons. The third kappa shape index (κ3) is 3.16. The standard InChI is InChI=1S/C8H10N2O3/c1-12-8(13-6-11)4-7-5-9-2-3-10-7/h2-3,5-6,8H,4H2,1H3. The first-order chi connectivity index (χ1) is 6.36. The molecule has 0 bridgehead atoms. The molecule has 1 unspecified atom stereocenters. The lowest BCUT2D eigenvalue weighted by atomic mass is 10.3. The van der Waals surface area contributed by atoms with Crippen molar-refractivity contribution >= 4 is 6.47 Å². The predicted octanol–water partition coefficient (Wildman–Crippen LogP) is 0.165. The van der Waals surface area contributed by atoms with E-state index in [1.54, 1.807) is 18.6 Å². The average molecular weight is 182 g/mol. The first kappa shape index (κ1) is 9.60. The van der Waals surface area contributed by atoms with Gasteiger partial charge in [0.2, 0.25) is 6.29 Å². The smallest absolute Gasteiger partial charge is 0.295 e. The van der Waals surface area contributed by atoms with Gasteiger partial charge in [0, 0.05) is 25.7 Å². The Kier molecular flexibility index (Phi) is 3.84. The van der Waals surface area contributed by atoms with E-state index in [1.165, 1.54) is 7.11 Å². The maximum Gasteiger partial charge on any atom is 0.295 e. The fourth-order valence-electron chi connectivity index (χ4n) is 0.855. The van der Waals surface area contributed by atoms with E-state index in [1.807, 2.05) is 0 Å². The van der Waals surface area contributed by atoms with Crippen LogP contribution >= 0.6 is 0 Å². The van der Waals surface area contributed by atoms with E-state index in [2.05, 4.69) is 14.7 Å². The van der Waals surface area contributed by atoms with Crippen LogP contribution in [0.15, 0.2) is 18.6 Å². The van der Waals surface area contributed by atoms with Crippen molar-refractivity contribution in [3.8, 4) is 0 Å². The zero-order chi connectivity index (χ0) is 9.52. The molecule has 0 aliphatic rings. The zero-order valence-electron chi connectivity index (χ0n) is 7.21. The van der Waals surface area contributed by atoms with Gasteiger partial charge in [-0.25, -0.2) is 0 Å². The van der Waals surface area contributed by atoms with Crippen molar-refractivity contribution in [2.45, 2.75) is 12.7 Å². The Morgan fingerprint density at radius 1 is 1.62 bits per heavy atom. The highest BCUT2D eigenvalue weighted by molar-refractivity contribution is 5.37. The summed E-state index contributed by atoms with van der Waals surface area (Å²) in [5, 5.41) is 0. The lowest BCUT2D eigenvalue weighted by Crippen LogP contribution is -2.18. The molecule has 1 heterocycles. The number of rotatable bonds is 5. The third-order valence-electron chi connectivity index (χ3n) is 1.46. The van der Waals surface area contributed by atoms with Gasteiger partial charge in [0.1, 0.15) is 0 Å². The van der Waals surface area contributed by atoms with Gasteiger partial charge in [-0.2, -0.15) is 0 Å². The Morgan fingerprint density at radius 3 is 3.00 bits per heavy atom. The molecular weight excluding hydrogens is 172 g/mol. The number of nitrogens with zero attached hydrogens (tertiary/aromatic N) is 2. The second-order valence-corrected chi connectivity index (χ2v) is 2.30. The number of carbonyl (C=O) groups is 1. The van der Waals surface area contributed by atoms with Crippen molar-refractivity contribution in [1.29, 1.82) is 0 Å². The summed E-state index contributed by atoms with van der Waals surface area (Å²) in [5.41, 5.74) is 0.719. The summed E-state index contributed by atoms with van der Waals surface area (Å²) in [4.78, 5) is 17.9. The number of hydrogen-bond donors (Lipinski definition) is 0. The third-order valence-corrected chi connectivity index (χ3v) is 1.46. The number of aromatic nitrogens is 2. The molecule has 0 saturated carbocycles. The Bertz CT molecular complexity index is 253. The molecule has 0 aliphatic heterocycles. The lowest BCUT2D eigenvalue weighted by Gasteiger charge is -2.11. The van der Waals surface area contributed by atoms with Crippen LogP contribution in [0.4, 0.5) is 0 Å². The van der Waals surface area contributed by atoms with Crippen molar-refractivity contribution in [2.75, 3.05) is 7.11 Å². The zero-order valence-corrected chi connectivity index (χ0v) is 7.21. The van der Waals surface area contributed by atoms with Crippen LogP contribution in [0.1, 0.15) is 5.69 Å². The lowest BCUT2D eigenvalue weighted by molar-refractivity contribution is -0.157. The fourth-order valence-corrected chi connectivity index (χ4v) is 0.855. The highest BCUT2D eigenvalue weighted by Crippen LogP contribution is 2.00. The van der Waals surface area contributed by atoms with Crippen LogP contribution in [-0.4, -0.2) is 29.8 Å². The largest absolute Gasteiger partial charge is 0.438 e. The predicted molar refractivity (Wildman–Crippen MR) is 43.7 cm³/mol. The van der Waals surface area contributed by atoms with Gasteiger partial charge in [-0.05, 0) is 0 Å². The molecule has 1 aromatic rings. The Hall–Kier alpha value is -1.49. The van der Waals surface area contributed by atoms with Gasteiger partial charge in [0.05, 0.1) is 12.1 Å². The highest BCUT2D eigenvalue weighted by Gasteiger charge is 2.08. The van der Waals surface area contributed by atoms with E-state index in [0.717, 1.165) is 5.69 Å². The molecule has 5 heteroatoms. The molecule has 0 amide bonds. The van der Waals surface area contributed by atoms with Crippen LogP contribution in [0, 0.1) is 0 Å². The van der Waals surface area contributed by atoms with E-state index in [4.69, 9.17) is 4.74 Å². The minimum absolute atomic E-state index is 0.352. The van der Waals surface area contributed by atoms with Crippen molar-refractivity contribution in [1.82, 2.24) is 9.97 Å². The van der Waals surface area contributed by atoms with Crippen molar-refractivity contribution < 1.29 is 14.3 Å². The van der Waals surface area contributed by atoms with Crippen molar-refractivity contribution in [2.24, 2.45) is 0 Å². The van der Waals surface area contributed by atoms with Crippen LogP contribution in [0.5, 0.6) is 0 Å². The average Bonchev–Trinajstić information content (AvgIpc) is 2.19. The topological polar surface area (TPSA) is 61.3 Å². The van der Waals surface area contributed by atoms with E-state index >= 15 is 0 Å². The highest BCUT2D eigenvalue weighted by atomic mass is 16.7. The maximum absolute atomic E-state index is 10.0. The molecule has 0 aliphatic carbocycles. The van der Waals surface area contributed by atoms with Gasteiger partial charge in [-0.15, -0.1) is 0 Å². The molecule has 0 N–H and O–H groups in total. The summed E-state index contributed by atoms with van der Waals surface area (Å²) in [6.45, 7) is 0.352. The van der Waals surface area contributed by atoms with Gasteiger partial charge in [-0.1, -0.05) is 0 Å². The quantitative estimate of drug-likeness (QED) is 0.479. The molecule has 0 aromatic carbocycles. The number of ether oxygens (including phenoxy) is 2. The summed E-state index contributed by atoms with van der Waals surface area (Å²) in [6, 6.07) is 0. The molecule has 0 spiro atoms. The van der Waals surface area contributed by atoms with Crippen LogP contribution in [0.25, 0.3) is 0 Å². The van der Waals surface area contributed by atoms with Crippen LogP contribution < -0.4 is 0 Å². The monoisotopic (exact) mass is 182 g/mol. The van der Waals surface area contributed by atoms with Crippen LogP contribution in [0.3, 0.4) is 0 Å². The van der Waals surface area contributed by atoms with Crippen molar-refractivity contribution in [3.63, 3.8) is 0 Å². The summed E-state index contributed by atoms with van der Waals surface area (Å²) >= 11 is 0. The van der Waals surface area contributed by atoms with E-state index in [-0.39, 0.29) is 0 Å². The van der Waals surface area contributed by atoms with E-state index in [9.17, 15) is 4.79 Å². The molecule has 0 fully saturated rings. The second-order valence-electron chi connectivity index (χ2n) is 2.30. The second kappa shape index (κ2) is 5.21. The maximum atomic E-state index is 10.0. The molecule has 1 rings (SSSR count). The van der Waals surface area contributed by atoms with Crippen LogP contribution in [-0.2, 0) is 20.7 Å². The number of hydrogen-bond acceptors (Lipinski definition) is 5. The minimum Gasteiger partial charge on any atom is -0.438 e. The Morgan fingerprint density at radius 2 is 2.46 bits per heavy atom. The minimum atomic E-state index is -0.589. The SMILES string of the molecule is COC(Cc1cnccn1)OC=O. The van der Waals surface area contributed by atoms with E-state index in [0.29, 0.717) is 12.9 Å². The van der Waals surface area contributed by atoms with Gasteiger partial charge in [0.25, 0.3) is 6.47 Å². The molecule has 0 radical (unpaired) electrons. The first-order valence-corrected chi connectivity index (χ1v) is 3.73. The summed E-state index contributed by atoms with van der Waals surface area (Å²) in [6.07, 6.45) is 4.56. The first-order valence-electron chi connectivity index (χ1n) is 3.73. The van der Waals surface area contributed by atoms with Crippen LogP contribution in [0.2, 0.25) is 0 Å². The molecular formula is C8H10N2O3. The Balaban J connectivity index is 2.51. The molecule has 1 aromatic heterocycles. The normalized spacial score (nSPS) is 12.1. The molecule has 13 heavy (non-hydrogen) atoms. The van der Waals surface area contributed by atoms with Gasteiger partial charge < -0.3 is 9.47 Å². The Labute approximate surface area is 75.7 Å². The summed E-state index contributed by atoms with van der Waals surface area (Å²) in [7, 11) is 1.46. The number of methoxy groups -OCH3 is 1. The molecule has 5 nitrogen and oxygen atoms in total. The molecule has 1 atom stereocenters. The van der Waals surface area contributed by atoms with Gasteiger partial charge in [0.15, 0.2) is 0 Å². The van der Waals surface area contributed by atoms with Gasteiger partial charge >= 0.3 is 0 Å².